The fourth-order valence-electron chi connectivity index (χ4n) is 2.38. The highest BCUT2D eigenvalue weighted by Crippen LogP contribution is 2.20. The number of halogens is 2. The molecule has 2 nitrogen and oxygen atoms in total. The van der Waals surface area contributed by atoms with E-state index in [1.165, 1.54) is 12.5 Å². The van der Waals surface area contributed by atoms with Crippen molar-refractivity contribution >= 4 is 11.6 Å². The van der Waals surface area contributed by atoms with Crippen molar-refractivity contribution in [3.05, 3.63) is 34.6 Å². The fraction of sp³-hybridized carbons (Fsp3) is 0.571. The maximum atomic E-state index is 13.6. The van der Waals surface area contributed by atoms with Crippen molar-refractivity contribution in [1.82, 2.24) is 10.2 Å². The molecule has 18 heavy (non-hydrogen) atoms. The molecule has 1 aliphatic heterocycles. The monoisotopic (exact) mass is 270 g/mol. The molecule has 4 heteroatoms. The number of hydrogen-bond acceptors (Lipinski definition) is 2. The summed E-state index contributed by atoms with van der Waals surface area (Å²) in [5.41, 5.74) is 0.659. The number of benzene rings is 1. The largest absolute Gasteiger partial charge is 0.315 e. The van der Waals surface area contributed by atoms with E-state index in [1.807, 2.05) is 0 Å². The molecule has 1 aromatic carbocycles. The van der Waals surface area contributed by atoms with Gasteiger partial charge in [0, 0.05) is 23.7 Å². The second-order valence-electron chi connectivity index (χ2n) is 4.75. The third kappa shape index (κ3) is 3.94. The molecule has 0 bridgehead atoms. The predicted octanol–water partition coefficient (Wildman–Crippen LogP) is 2.71. The molecular formula is C14H20ClFN2. The van der Waals surface area contributed by atoms with E-state index in [1.54, 1.807) is 12.1 Å². The van der Waals surface area contributed by atoms with Crippen LogP contribution in [0.4, 0.5) is 4.39 Å². The summed E-state index contributed by atoms with van der Waals surface area (Å²) in [5.74, 6) is -0.181. The first-order valence-corrected chi connectivity index (χ1v) is 7.01. The first kappa shape index (κ1) is 13.8. The Morgan fingerprint density at radius 2 is 2.17 bits per heavy atom. The minimum absolute atomic E-state index is 0.181. The molecule has 1 fully saturated rings. The van der Waals surface area contributed by atoms with Crippen LogP contribution in [-0.4, -0.2) is 37.6 Å². The van der Waals surface area contributed by atoms with Crippen LogP contribution >= 0.6 is 11.6 Å². The van der Waals surface area contributed by atoms with Gasteiger partial charge in [0.2, 0.25) is 0 Å². The normalized spacial score (nSPS) is 17.7. The van der Waals surface area contributed by atoms with Crippen molar-refractivity contribution in [3.63, 3.8) is 0 Å². The van der Waals surface area contributed by atoms with Gasteiger partial charge in [-0.2, -0.15) is 0 Å². The maximum absolute atomic E-state index is 13.6. The Morgan fingerprint density at radius 1 is 1.28 bits per heavy atom. The SMILES string of the molecule is Fc1cccc(Cl)c1CCCN1CCCNCC1. The number of hydrogen-bond donors (Lipinski definition) is 1. The molecule has 1 saturated heterocycles. The van der Waals surface area contributed by atoms with Gasteiger partial charge >= 0.3 is 0 Å². The molecule has 0 aliphatic carbocycles. The van der Waals surface area contributed by atoms with Crippen LogP contribution in [0.15, 0.2) is 18.2 Å². The summed E-state index contributed by atoms with van der Waals surface area (Å²) in [6.07, 6.45) is 2.87. The first-order chi connectivity index (χ1) is 8.77. The van der Waals surface area contributed by atoms with Crippen LogP contribution in [0.1, 0.15) is 18.4 Å². The fourth-order valence-corrected chi connectivity index (χ4v) is 2.63. The van der Waals surface area contributed by atoms with E-state index < -0.39 is 0 Å². The van der Waals surface area contributed by atoms with Gasteiger partial charge in [-0.25, -0.2) is 4.39 Å². The lowest BCUT2D eigenvalue weighted by atomic mass is 10.1. The highest BCUT2D eigenvalue weighted by Gasteiger charge is 2.10. The van der Waals surface area contributed by atoms with E-state index in [-0.39, 0.29) is 5.82 Å². The summed E-state index contributed by atoms with van der Waals surface area (Å²) in [7, 11) is 0. The quantitative estimate of drug-likeness (QED) is 0.905. The summed E-state index contributed by atoms with van der Waals surface area (Å²) in [5, 5.41) is 3.93. The molecule has 0 saturated carbocycles. The van der Waals surface area contributed by atoms with Crippen molar-refractivity contribution in [2.45, 2.75) is 19.3 Å². The average Bonchev–Trinajstić information content (AvgIpc) is 2.61. The molecule has 0 amide bonds. The highest BCUT2D eigenvalue weighted by atomic mass is 35.5. The Bertz CT molecular complexity index is 356. The summed E-state index contributed by atoms with van der Waals surface area (Å²) in [4.78, 5) is 2.44. The number of nitrogens with one attached hydrogen (secondary N) is 1. The van der Waals surface area contributed by atoms with E-state index in [4.69, 9.17) is 11.6 Å². The van der Waals surface area contributed by atoms with Crippen molar-refractivity contribution in [2.24, 2.45) is 0 Å². The first-order valence-electron chi connectivity index (χ1n) is 6.63. The highest BCUT2D eigenvalue weighted by molar-refractivity contribution is 6.31. The van der Waals surface area contributed by atoms with Crippen LogP contribution in [0.2, 0.25) is 5.02 Å². The zero-order valence-electron chi connectivity index (χ0n) is 10.6. The molecule has 1 N–H and O–H groups in total. The van der Waals surface area contributed by atoms with Crippen LogP contribution in [0.3, 0.4) is 0 Å². The summed E-state index contributed by atoms with van der Waals surface area (Å²) >= 11 is 6.01. The van der Waals surface area contributed by atoms with Crippen molar-refractivity contribution in [2.75, 3.05) is 32.7 Å². The Kier molecular flexibility index (Phi) is 5.42. The third-order valence-electron chi connectivity index (χ3n) is 3.40. The second kappa shape index (κ2) is 7.07. The zero-order chi connectivity index (χ0) is 12.8. The zero-order valence-corrected chi connectivity index (χ0v) is 11.3. The number of rotatable bonds is 4. The van der Waals surface area contributed by atoms with E-state index >= 15 is 0 Å². The van der Waals surface area contributed by atoms with Crippen molar-refractivity contribution in [1.29, 1.82) is 0 Å². The van der Waals surface area contributed by atoms with E-state index in [0.717, 1.165) is 45.6 Å². The van der Waals surface area contributed by atoms with Crippen molar-refractivity contribution in [3.8, 4) is 0 Å². The molecule has 0 radical (unpaired) electrons. The molecule has 1 aliphatic rings. The molecule has 0 spiro atoms. The van der Waals surface area contributed by atoms with Crippen LogP contribution in [-0.2, 0) is 6.42 Å². The maximum Gasteiger partial charge on any atom is 0.127 e. The molecule has 1 heterocycles. The standard InChI is InChI=1S/C14H20ClFN2/c15-13-5-1-6-14(16)12(13)4-2-9-18-10-3-7-17-8-11-18/h1,5-6,17H,2-4,7-11H2. The smallest absolute Gasteiger partial charge is 0.127 e. The van der Waals surface area contributed by atoms with E-state index in [0.29, 0.717) is 10.6 Å². The molecule has 0 aromatic heterocycles. The molecule has 1 aromatic rings. The minimum Gasteiger partial charge on any atom is -0.315 e. The van der Waals surface area contributed by atoms with Gasteiger partial charge < -0.3 is 10.2 Å². The van der Waals surface area contributed by atoms with E-state index in [2.05, 4.69) is 10.2 Å². The van der Waals surface area contributed by atoms with Crippen LogP contribution in [0.25, 0.3) is 0 Å². The van der Waals surface area contributed by atoms with Gasteiger partial charge in [-0.15, -0.1) is 0 Å². The predicted molar refractivity (Wildman–Crippen MR) is 73.7 cm³/mol. The van der Waals surface area contributed by atoms with Gasteiger partial charge in [0.25, 0.3) is 0 Å². The van der Waals surface area contributed by atoms with Gasteiger partial charge in [0.15, 0.2) is 0 Å². The molecule has 0 atom stereocenters. The Morgan fingerprint density at radius 3 is 3.00 bits per heavy atom. The Hall–Kier alpha value is -0.640. The topological polar surface area (TPSA) is 15.3 Å². The lowest BCUT2D eigenvalue weighted by molar-refractivity contribution is 0.288. The lowest BCUT2D eigenvalue weighted by Gasteiger charge is -2.19. The minimum atomic E-state index is -0.181. The van der Waals surface area contributed by atoms with Crippen LogP contribution < -0.4 is 5.32 Å². The summed E-state index contributed by atoms with van der Waals surface area (Å²) in [6, 6.07) is 4.90. The average molecular weight is 271 g/mol. The van der Waals surface area contributed by atoms with E-state index in [9.17, 15) is 4.39 Å². The van der Waals surface area contributed by atoms with Gasteiger partial charge in [-0.3, -0.25) is 0 Å². The summed E-state index contributed by atoms with van der Waals surface area (Å²) < 4.78 is 13.6. The Balaban J connectivity index is 1.80. The summed E-state index contributed by atoms with van der Waals surface area (Å²) in [6.45, 7) is 5.41. The second-order valence-corrected chi connectivity index (χ2v) is 5.16. The Labute approximate surface area is 113 Å². The van der Waals surface area contributed by atoms with Crippen LogP contribution in [0, 0.1) is 5.82 Å². The van der Waals surface area contributed by atoms with Gasteiger partial charge in [0.05, 0.1) is 0 Å². The lowest BCUT2D eigenvalue weighted by Crippen LogP contribution is -2.29. The van der Waals surface area contributed by atoms with Crippen molar-refractivity contribution < 1.29 is 4.39 Å². The molecule has 0 unspecified atom stereocenters. The van der Waals surface area contributed by atoms with Crippen LogP contribution in [0.5, 0.6) is 0 Å². The van der Waals surface area contributed by atoms with Gasteiger partial charge in [-0.1, -0.05) is 17.7 Å². The van der Waals surface area contributed by atoms with Gasteiger partial charge in [0.1, 0.15) is 5.82 Å². The molecule has 2 rings (SSSR count). The molecular weight excluding hydrogens is 251 g/mol. The van der Waals surface area contributed by atoms with Gasteiger partial charge in [-0.05, 0) is 51.0 Å². The molecule has 100 valence electrons. The third-order valence-corrected chi connectivity index (χ3v) is 3.75. The number of nitrogens with zero attached hydrogens (tertiary/aromatic N) is 1.